The lowest BCUT2D eigenvalue weighted by Gasteiger charge is -2.32. The summed E-state index contributed by atoms with van der Waals surface area (Å²) in [6.45, 7) is 1.86. The summed E-state index contributed by atoms with van der Waals surface area (Å²) < 4.78 is 23.0. The summed E-state index contributed by atoms with van der Waals surface area (Å²) in [5, 5.41) is 10.9. The molecule has 0 spiro atoms. The van der Waals surface area contributed by atoms with E-state index in [0.29, 0.717) is 46.8 Å². The van der Waals surface area contributed by atoms with Crippen molar-refractivity contribution in [2.45, 2.75) is 44.3 Å². The monoisotopic (exact) mass is 621 g/mol. The fourth-order valence-corrected chi connectivity index (χ4v) is 5.98. The number of nitrogen functional groups attached to an aromatic ring is 1. The number of carbonyl (C=O) groups excluding carboxylic acids is 2. The van der Waals surface area contributed by atoms with Crippen molar-refractivity contribution in [1.82, 2.24) is 34.9 Å². The molecule has 46 heavy (non-hydrogen) atoms. The molecule has 0 aliphatic carbocycles. The van der Waals surface area contributed by atoms with Gasteiger partial charge in [0.2, 0.25) is 11.8 Å². The number of nitrogens with two attached hydrogens (primary N) is 1. The molecule has 12 nitrogen and oxygen atoms in total. The molecule has 2 fully saturated rings. The number of pyridine rings is 1. The van der Waals surface area contributed by atoms with Crippen molar-refractivity contribution in [3.05, 3.63) is 84.6 Å². The van der Waals surface area contributed by atoms with Crippen LogP contribution >= 0.6 is 0 Å². The number of para-hydroxylation sites is 1. The van der Waals surface area contributed by atoms with Gasteiger partial charge >= 0.3 is 0 Å². The first-order valence-electron chi connectivity index (χ1n) is 15.2. The quantitative estimate of drug-likeness (QED) is 0.212. The number of fused-ring (bicyclic) bond motifs is 1. The number of halogens is 1. The summed E-state index contributed by atoms with van der Waals surface area (Å²) in [5.41, 5.74) is 9.09. The van der Waals surface area contributed by atoms with E-state index in [0.717, 1.165) is 37.2 Å². The normalized spacial score (nSPS) is 17.6. The number of ether oxygens (including phenoxy) is 1. The van der Waals surface area contributed by atoms with Gasteiger partial charge in [0.1, 0.15) is 47.0 Å². The van der Waals surface area contributed by atoms with E-state index in [1.165, 1.54) is 18.6 Å². The number of nitrogens with zero attached hydrogens (tertiary/aromatic N) is 6. The average molecular weight is 622 g/mol. The number of aromatic nitrogens is 5. The highest BCUT2D eigenvalue weighted by Gasteiger charge is 2.28. The highest BCUT2D eigenvalue weighted by atomic mass is 19.1. The summed E-state index contributed by atoms with van der Waals surface area (Å²) in [7, 11) is 0. The van der Waals surface area contributed by atoms with E-state index in [-0.39, 0.29) is 24.2 Å². The van der Waals surface area contributed by atoms with Gasteiger partial charge in [-0.05, 0) is 55.7 Å². The number of hydrogen-bond donors (Lipinski definition) is 3. The number of piperidine rings is 2. The van der Waals surface area contributed by atoms with Gasteiger partial charge < -0.3 is 15.8 Å². The van der Waals surface area contributed by atoms with Gasteiger partial charge in [-0.1, -0.05) is 18.2 Å². The molecular weight excluding hydrogens is 589 g/mol. The van der Waals surface area contributed by atoms with E-state index in [4.69, 9.17) is 15.6 Å². The van der Waals surface area contributed by atoms with Gasteiger partial charge in [-0.2, -0.15) is 5.10 Å². The van der Waals surface area contributed by atoms with Gasteiger partial charge in [-0.25, -0.2) is 24.0 Å². The smallest absolute Gasteiger partial charge is 0.249 e. The van der Waals surface area contributed by atoms with Gasteiger partial charge in [0.05, 0.1) is 11.4 Å². The highest BCUT2D eigenvalue weighted by Crippen LogP contribution is 2.35. The number of anilines is 2. The topological polar surface area (TPSA) is 153 Å². The Morgan fingerprint density at radius 1 is 0.978 bits per heavy atom. The van der Waals surface area contributed by atoms with Crippen molar-refractivity contribution >= 4 is 34.5 Å². The Labute approximate surface area is 263 Å². The minimum absolute atomic E-state index is 0.0746. The molecule has 1 unspecified atom stereocenters. The molecule has 0 saturated carbocycles. The molecule has 234 valence electrons. The third-order valence-electron chi connectivity index (χ3n) is 8.41. The van der Waals surface area contributed by atoms with Crippen molar-refractivity contribution < 1.29 is 18.7 Å². The van der Waals surface area contributed by atoms with E-state index in [1.807, 2.05) is 59.3 Å². The maximum atomic E-state index is 15.1. The number of carbonyl (C=O) groups is 2. The Morgan fingerprint density at radius 2 is 1.74 bits per heavy atom. The molecule has 0 radical (unpaired) electrons. The fourth-order valence-electron chi connectivity index (χ4n) is 5.98. The largest absolute Gasteiger partial charge is 0.457 e. The van der Waals surface area contributed by atoms with E-state index in [9.17, 15) is 9.59 Å². The average Bonchev–Trinajstić information content (AvgIpc) is 3.46. The molecule has 2 amide bonds. The van der Waals surface area contributed by atoms with Crippen LogP contribution in [-0.2, 0) is 16.1 Å². The minimum atomic E-state index is -0.623. The molecule has 2 saturated heterocycles. The zero-order valence-electron chi connectivity index (χ0n) is 24.9. The molecule has 2 aliphatic rings. The van der Waals surface area contributed by atoms with Crippen molar-refractivity contribution in [3.8, 4) is 22.8 Å². The van der Waals surface area contributed by atoms with Crippen LogP contribution in [0.15, 0.2) is 73.2 Å². The summed E-state index contributed by atoms with van der Waals surface area (Å²) in [5.74, 6) is 0.959. The number of nitrogens with one attached hydrogen (secondary N) is 2. The Hall–Kier alpha value is -5.43. The van der Waals surface area contributed by atoms with Crippen LogP contribution in [0.5, 0.6) is 11.5 Å². The second-order valence-corrected chi connectivity index (χ2v) is 11.5. The Bertz CT molecular complexity index is 1890. The summed E-state index contributed by atoms with van der Waals surface area (Å²) in [6, 6.07) is 18.0. The lowest BCUT2D eigenvalue weighted by molar-refractivity contribution is -0.133. The van der Waals surface area contributed by atoms with E-state index >= 15 is 4.39 Å². The van der Waals surface area contributed by atoms with Crippen LogP contribution in [0.4, 0.5) is 16.0 Å². The first-order chi connectivity index (χ1) is 22.4. The van der Waals surface area contributed by atoms with Crippen molar-refractivity contribution in [2.75, 3.05) is 24.1 Å². The van der Waals surface area contributed by atoms with Crippen LogP contribution < -0.4 is 21.1 Å². The second-order valence-electron chi connectivity index (χ2n) is 11.5. The summed E-state index contributed by atoms with van der Waals surface area (Å²) in [6.07, 6.45) is 5.10. The molecule has 5 aromatic rings. The van der Waals surface area contributed by atoms with Crippen LogP contribution in [0.1, 0.15) is 37.3 Å². The molecule has 13 heteroatoms. The molecule has 1 atom stereocenters. The zero-order chi connectivity index (χ0) is 31.6. The van der Waals surface area contributed by atoms with Crippen molar-refractivity contribution in [1.29, 1.82) is 0 Å². The van der Waals surface area contributed by atoms with Crippen LogP contribution in [0.25, 0.3) is 22.3 Å². The molecule has 3 aromatic heterocycles. The summed E-state index contributed by atoms with van der Waals surface area (Å²) >= 11 is 0. The molecule has 5 heterocycles. The minimum Gasteiger partial charge on any atom is -0.457 e. The van der Waals surface area contributed by atoms with E-state index in [1.54, 1.807) is 0 Å². The van der Waals surface area contributed by atoms with Gasteiger partial charge in [-0.15, -0.1) is 0 Å². The first kappa shape index (κ1) is 29.3. The van der Waals surface area contributed by atoms with Crippen LogP contribution in [0, 0.1) is 5.82 Å². The van der Waals surface area contributed by atoms with Gasteiger partial charge in [-0.3, -0.25) is 19.8 Å². The Kier molecular flexibility index (Phi) is 7.97. The number of hydrogen-bond acceptors (Lipinski definition) is 10. The first-order valence-corrected chi connectivity index (χ1v) is 15.2. The standard InChI is InChI=1S/C33H32FN9O3/c34-25-16-27(39-26-10-11-28(44)40-33(26)45)36-17-21(25)18-42-14-12-22(13-15-42)43-32-29(31(35)37-19-38-32)30(41-43)20-6-8-24(9-7-20)46-23-4-2-1-3-5-23/h1-9,16-17,19,22,26H,10-15,18H2,(H,36,39)(H2,35,37,38)(H,40,44,45). The third-order valence-corrected chi connectivity index (χ3v) is 8.41. The van der Waals surface area contributed by atoms with Crippen LogP contribution in [-0.4, -0.2) is 60.6 Å². The predicted octanol–water partition coefficient (Wildman–Crippen LogP) is 4.46. The van der Waals surface area contributed by atoms with Crippen molar-refractivity contribution in [2.24, 2.45) is 0 Å². The number of benzene rings is 2. The lowest BCUT2D eigenvalue weighted by atomic mass is 10.0. The number of imide groups is 1. The molecular formula is C33H32FN9O3. The maximum absolute atomic E-state index is 15.1. The lowest BCUT2D eigenvalue weighted by Crippen LogP contribution is -2.47. The molecule has 0 bridgehead atoms. The molecule has 4 N–H and O–H groups in total. The van der Waals surface area contributed by atoms with E-state index < -0.39 is 17.8 Å². The molecule has 7 rings (SSSR count). The zero-order valence-corrected chi connectivity index (χ0v) is 24.9. The van der Waals surface area contributed by atoms with Crippen molar-refractivity contribution in [3.63, 3.8) is 0 Å². The number of amides is 2. The van der Waals surface area contributed by atoms with Crippen LogP contribution in [0.2, 0.25) is 0 Å². The SMILES string of the molecule is Nc1ncnc2c1c(-c1ccc(Oc3ccccc3)cc1)nn2C1CCN(Cc2cnc(NC3CCC(=O)NC3=O)cc2F)CC1. The number of rotatable bonds is 8. The number of likely N-dealkylation sites (tertiary alicyclic amines) is 1. The van der Waals surface area contributed by atoms with E-state index in [2.05, 4.69) is 30.5 Å². The summed E-state index contributed by atoms with van der Waals surface area (Å²) in [4.78, 5) is 38.7. The maximum Gasteiger partial charge on any atom is 0.249 e. The Morgan fingerprint density at radius 3 is 2.48 bits per heavy atom. The predicted molar refractivity (Wildman–Crippen MR) is 169 cm³/mol. The Balaban J connectivity index is 1.02. The molecule has 2 aromatic carbocycles. The highest BCUT2D eigenvalue weighted by molar-refractivity contribution is 6.01. The van der Waals surface area contributed by atoms with Gasteiger partial charge in [0, 0.05) is 49.4 Å². The second kappa shape index (κ2) is 12.5. The van der Waals surface area contributed by atoms with Gasteiger partial charge in [0.15, 0.2) is 5.65 Å². The molecule has 2 aliphatic heterocycles. The fraction of sp³-hybridized carbons (Fsp3) is 0.273. The third kappa shape index (κ3) is 6.09. The van der Waals surface area contributed by atoms with Crippen LogP contribution in [0.3, 0.4) is 0 Å². The van der Waals surface area contributed by atoms with Gasteiger partial charge in [0.25, 0.3) is 0 Å².